The van der Waals surface area contributed by atoms with Crippen LogP contribution in [0.25, 0.3) is 11.0 Å². The van der Waals surface area contributed by atoms with Crippen molar-refractivity contribution in [2.24, 2.45) is 5.92 Å². The number of H-pyrrole nitrogens is 1. The number of carbonyl (C=O) groups is 3. The number of nitrogens with zero attached hydrogens (tertiary/aromatic N) is 2. The number of carbonyl (C=O) groups excluding carboxylic acids is 3. The first kappa shape index (κ1) is 35.1. The van der Waals surface area contributed by atoms with Gasteiger partial charge in [-0.3, -0.25) is 9.59 Å². The van der Waals surface area contributed by atoms with E-state index >= 15 is 0 Å². The van der Waals surface area contributed by atoms with Crippen LogP contribution in [0.4, 0.5) is 4.79 Å². The quantitative estimate of drug-likeness (QED) is 0.332. The van der Waals surface area contributed by atoms with E-state index in [-0.39, 0.29) is 24.6 Å². The number of aryl methyl sites for hydroxylation is 1. The molecule has 0 radical (unpaired) electrons. The van der Waals surface area contributed by atoms with E-state index < -0.39 is 18.1 Å². The Hall–Kier alpha value is -3.89. The molecule has 228 valence electrons. The van der Waals surface area contributed by atoms with Gasteiger partial charge in [0, 0.05) is 12.6 Å². The minimum absolute atomic E-state index is 0.120. The Kier molecular flexibility index (Phi) is 16.5. The third kappa shape index (κ3) is 12.9. The number of likely N-dealkylation sites (tertiary alicyclic amines) is 1. The van der Waals surface area contributed by atoms with Crippen LogP contribution in [0.2, 0.25) is 0 Å². The number of aromatic amines is 1. The summed E-state index contributed by atoms with van der Waals surface area (Å²) in [4.78, 5) is 54.9. The Morgan fingerprint density at radius 2 is 1.88 bits per heavy atom. The molecule has 1 unspecified atom stereocenters. The van der Waals surface area contributed by atoms with Crippen molar-refractivity contribution in [1.29, 1.82) is 0 Å². The van der Waals surface area contributed by atoms with Gasteiger partial charge in [0.15, 0.2) is 0 Å². The maximum Gasteiger partial charge on any atom is 0.407 e. The van der Waals surface area contributed by atoms with Crippen molar-refractivity contribution in [3.05, 3.63) is 46.4 Å². The molecule has 1 aliphatic heterocycles. The summed E-state index contributed by atoms with van der Waals surface area (Å²) in [5.41, 5.74) is 1.95. The maximum absolute atomic E-state index is 11.9. The number of nitrogens with one attached hydrogen (secondary N) is 2. The topological polar surface area (TPSA) is 140 Å². The number of fused-ring (bicyclic) bond motifs is 1. The molecule has 0 saturated carbocycles. The third-order valence-corrected chi connectivity index (χ3v) is 5.63. The van der Waals surface area contributed by atoms with Gasteiger partial charge in [0.05, 0.1) is 31.9 Å². The van der Waals surface area contributed by atoms with E-state index in [9.17, 15) is 19.2 Å². The van der Waals surface area contributed by atoms with Gasteiger partial charge in [-0.25, -0.2) is 14.6 Å². The van der Waals surface area contributed by atoms with E-state index in [0.717, 1.165) is 30.7 Å². The molecule has 11 nitrogen and oxygen atoms in total. The Morgan fingerprint density at radius 1 is 1.17 bits per heavy atom. The summed E-state index contributed by atoms with van der Waals surface area (Å²) in [6.07, 6.45) is 7.41. The molecule has 0 spiro atoms. The number of alkyl carbamates (subject to hydrolysis) is 1. The summed E-state index contributed by atoms with van der Waals surface area (Å²) in [5, 5.41) is 2.33. The van der Waals surface area contributed by atoms with Crippen molar-refractivity contribution in [2.45, 2.75) is 72.8 Å². The van der Waals surface area contributed by atoms with Crippen molar-refractivity contribution in [1.82, 2.24) is 20.2 Å². The summed E-state index contributed by atoms with van der Waals surface area (Å²) in [5.74, 6) is 0.816. The molecule has 1 fully saturated rings. The highest BCUT2D eigenvalue weighted by molar-refractivity contribution is 5.87. The number of rotatable bonds is 9. The number of esters is 1. The van der Waals surface area contributed by atoms with Crippen LogP contribution in [0.1, 0.15) is 66.0 Å². The van der Waals surface area contributed by atoms with Crippen LogP contribution in [0.3, 0.4) is 0 Å². The molecule has 41 heavy (non-hydrogen) atoms. The molecule has 11 heteroatoms. The monoisotopic (exact) mass is 574 g/mol. The molecule has 1 saturated heterocycles. The fraction of sp³-hybridized carbons (Fsp3) is 0.567. The molecule has 0 aliphatic carbocycles. The number of benzene rings is 1. The van der Waals surface area contributed by atoms with Crippen molar-refractivity contribution < 1.29 is 28.6 Å². The van der Waals surface area contributed by atoms with E-state index in [0.29, 0.717) is 36.3 Å². The molecule has 2 N–H and O–H groups in total. The zero-order valence-corrected chi connectivity index (χ0v) is 25.5. The van der Waals surface area contributed by atoms with Gasteiger partial charge in [0.2, 0.25) is 5.91 Å². The summed E-state index contributed by atoms with van der Waals surface area (Å²) in [7, 11) is 2.89. The summed E-state index contributed by atoms with van der Waals surface area (Å²) >= 11 is 0. The predicted octanol–water partition coefficient (Wildman–Crippen LogP) is 4.39. The molecule has 3 rings (SSSR count). The van der Waals surface area contributed by atoms with Crippen LogP contribution in [-0.4, -0.2) is 72.8 Å². The van der Waals surface area contributed by atoms with Crippen molar-refractivity contribution in [3.63, 3.8) is 0 Å². The lowest BCUT2D eigenvalue weighted by atomic mass is 10.2. The van der Waals surface area contributed by atoms with Gasteiger partial charge in [-0.15, -0.1) is 0 Å². The number of ether oxygens (including phenoxy) is 3. The molecular weight excluding hydrogens is 528 g/mol. The highest BCUT2D eigenvalue weighted by atomic mass is 16.5. The van der Waals surface area contributed by atoms with E-state index in [2.05, 4.69) is 64.6 Å². The van der Waals surface area contributed by atoms with Gasteiger partial charge < -0.3 is 29.4 Å². The lowest BCUT2D eigenvalue weighted by Gasteiger charge is -2.22. The van der Waals surface area contributed by atoms with E-state index in [1.807, 2.05) is 12.1 Å². The average Bonchev–Trinajstić information content (AvgIpc) is 3.44. The van der Waals surface area contributed by atoms with E-state index in [4.69, 9.17) is 4.74 Å². The fourth-order valence-electron chi connectivity index (χ4n) is 3.78. The van der Waals surface area contributed by atoms with Crippen LogP contribution < -0.4 is 15.6 Å². The molecule has 1 atom stereocenters. The van der Waals surface area contributed by atoms with Crippen molar-refractivity contribution in [2.75, 3.05) is 33.9 Å². The second kappa shape index (κ2) is 19.2. The number of aromatic nitrogens is 2. The molecule has 2 heterocycles. The largest absolute Gasteiger partial charge is 0.497 e. The second-order valence-electron chi connectivity index (χ2n) is 9.89. The molecule has 0 bridgehead atoms. The Labute approximate surface area is 242 Å². The Balaban J connectivity index is 0.000000363. The number of allylic oxidation sites excluding steroid dienone is 2. The first-order valence-electron chi connectivity index (χ1n) is 14.1. The standard InChI is InChI=1S/C15H18N2O2.C11H18N2O5.C4H10/c1-3-4-5-6-7-13-15(18)17-14-10-11(19-2)8-9-12(14)16-13;1-3-18-11(16)12-7-9(14)13-6-4-5-8(13)10(15)17-2;1-4(2)3/h4-5,8-10H,3,6-7H2,1-2H3,(H,17,18);8H,3-7H2,1-2H3,(H,12,16);4H,1-3H3/b5-4+;;. The molecular formula is C30H46N4O7. The van der Waals surface area contributed by atoms with Crippen LogP contribution >= 0.6 is 0 Å². The van der Waals surface area contributed by atoms with Gasteiger partial charge in [0.25, 0.3) is 5.56 Å². The van der Waals surface area contributed by atoms with Crippen LogP contribution in [-0.2, 0) is 25.5 Å². The molecule has 2 amide bonds. The normalized spacial score (nSPS) is 14.1. The zero-order chi connectivity index (χ0) is 30.8. The summed E-state index contributed by atoms with van der Waals surface area (Å²) in [6.45, 7) is 10.8. The van der Waals surface area contributed by atoms with Crippen molar-refractivity contribution >= 4 is 29.0 Å². The first-order valence-corrected chi connectivity index (χ1v) is 14.1. The first-order chi connectivity index (χ1) is 19.6. The Bertz CT molecular complexity index is 1190. The van der Waals surface area contributed by atoms with Gasteiger partial charge in [-0.2, -0.15) is 0 Å². The summed E-state index contributed by atoms with van der Waals surface area (Å²) in [6, 6.07) is 4.94. The molecule has 1 aromatic carbocycles. The average molecular weight is 575 g/mol. The maximum atomic E-state index is 11.9. The SMILES string of the molecule is CC(C)C.CC/C=C/CCc1nc2ccc(OC)cc2[nH]c1=O.CCOC(=O)NCC(=O)N1CCCC1C(=O)OC. The van der Waals surface area contributed by atoms with E-state index in [1.54, 1.807) is 20.1 Å². The Morgan fingerprint density at radius 3 is 2.49 bits per heavy atom. The van der Waals surface area contributed by atoms with Crippen LogP contribution in [0, 0.1) is 5.92 Å². The third-order valence-electron chi connectivity index (χ3n) is 5.63. The van der Waals surface area contributed by atoms with Crippen LogP contribution in [0.15, 0.2) is 35.1 Å². The van der Waals surface area contributed by atoms with Crippen molar-refractivity contribution in [3.8, 4) is 5.75 Å². The zero-order valence-electron chi connectivity index (χ0n) is 25.5. The highest BCUT2D eigenvalue weighted by Crippen LogP contribution is 2.18. The fourth-order valence-corrected chi connectivity index (χ4v) is 3.78. The van der Waals surface area contributed by atoms with Gasteiger partial charge in [0.1, 0.15) is 24.0 Å². The number of methoxy groups -OCH3 is 2. The molecule has 1 aliphatic rings. The molecule has 2 aromatic rings. The van der Waals surface area contributed by atoms with Gasteiger partial charge >= 0.3 is 12.1 Å². The van der Waals surface area contributed by atoms with E-state index in [1.165, 1.54) is 12.0 Å². The minimum atomic E-state index is -0.639. The predicted molar refractivity (Wildman–Crippen MR) is 159 cm³/mol. The second-order valence-corrected chi connectivity index (χ2v) is 9.89. The summed E-state index contributed by atoms with van der Waals surface area (Å²) < 4.78 is 14.4. The number of amides is 2. The van der Waals surface area contributed by atoms with Crippen LogP contribution in [0.5, 0.6) is 5.75 Å². The molecule has 1 aromatic heterocycles. The smallest absolute Gasteiger partial charge is 0.407 e. The van der Waals surface area contributed by atoms with Gasteiger partial charge in [-0.1, -0.05) is 39.8 Å². The number of hydrogen-bond donors (Lipinski definition) is 2. The lowest BCUT2D eigenvalue weighted by Crippen LogP contribution is -2.45. The number of hydrogen-bond acceptors (Lipinski definition) is 8. The lowest BCUT2D eigenvalue weighted by molar-refractivity contribution is -0.150. The highest BCUT2D eigenvalue weighted by Gasteiger charge is 2.34. The van der Waals surface area contributed by atoms with Gasteiger partial charge in [-0.05, 0) is 57.1 Å². The minimum Gasteiger partial charge on any atom is -0.497 e.